The topological polar surface area (TPSA) is 102 Å². The lowest BCUT2D eigenvalue weighted by molar-refractivity contribution is 0.0977. The van der Waals surface area contributed by atoms with Gasteiger partial charge in [-0.05, 0) is 54.7 Å². The largest absolute Gasteiger partial charge is 0.496 e. The minimum absolute atomic E-state index is 0.132. The number of rotatable bonds is 5. The van der Waals surface area contributed by atoms with Crippen molar-refractivity contribution in [3.63, 3.8) is 0 Å². The summed E-state index contributed by atoms with van der Waals surface area (Å²) in [5.74, 6) is 2.32. The summed E-state index contributed by atoms with van der Waals surface area (Å²) in [5, 5.41) is 14.9. The van der Waals surface area contributed by atoms with Gasteiger partial charge in [0.25, 0.3) is 5.91 Å². The third-order valence-electron chi connectivity index (χ3n) is 4.40. The number of ether oxygens (including phenoxy) is 3. The van der Waals surface area contributed by atoms with E-state index < -0.39 is 0 Å². The van der Waals surface area contributed by atoms with E-state index >= 15 is 0 Å². The minimum atomic E-state index is -0.374. The third kappa shape index (κ3) is 4.07. The fourth-order valence-electron chi connectivity index (χ4n) is 2.96. The molecule has 154 valence electrons. The molecule has 4 rings (SSSR count). The number of carbonyl (C=O) groups excluding carboxylic acids is 1. The maximum absolute atomic E-state index is 12.4. The molecule has 0 saturated carbocycles. The molecular formula is C21H18N2O6S. The van der Waals surface area contributed by atoms with Crippen LogP contribution in [-0.2, 0) is 6.61 Å². The summed E-state index contributed by atoms with van der Waals surface area (Å²) in [6.45, 7) is -0.0448. The Morgan fingerprint density at radius 3 is 2.73 bits per heavy atom. The van der Waals surface area contributed by atoms with Crippen LogP contribution in [0.5, 0.6) is 17.2 Å². The number of hydrogen-bond acceptors (Lipinski definition) is 7. The molecule has 0 bridgehead atoms. The number of thiocarbonyl (C=S) groups is 1. The second kappa shape index (κ2) is 8.44. The fraction of sp³-hybridized carbons (Fsp3) is 0.143. The first-order valence-corrected chi connectivity index (χ1v) is 9.38. The highest BCUT2D eigenvalue weighted by molar-refractivity contribution is 7.80. The standard InChI is InChI=1S/C21H18N2O6S/c1-26-18-9-13(3-5-15(18)16-7-4-14(10-24)29-16)22-21(30)23-20(25)12-2-6-17-19(8-12)28-11-27-17/h2-9,24H,10-11H2,1H3,(H2,22,23,25,30). The molecule has 1 aromatic heterocycles. The van der Waals surface area contributed by atoms with Gasteiger partial charge in [0, 0.05) is 17.3 Å². The van der Waals surface area contributed by atoms with Gasteiger partial charge in [-0.3, -0.25) is 10.1 Å². The molecular weight excluding hydrogens is 408 g/mol. The van der Waals surface area contributed by atoms with Crippen molar-refractivity contribution >= 4 is 28.9 Å². The number of aliphatic hydroxyl groups is 1. The Bertz CT molecular complexity index is 1110. The zero-order valence-electron chi connectivity index (χ0n) is 15.9. The number of nitrogens with one attached hydrogen (secondary N) is 2. The average molecular weight is 426 g/mol. The molecule has 0 spiro atoms. The third-order valence-corrected chi connectivity index (χ3v) is 4.61. The molecule has 0 atom stereocenters. The Hall–Kier alpha value is -3.56. The summed E-state index contributed by atoms with van der Waals surface area (Å²) >= 11 is 5.25. The number of methoxy groups -OCH3 is 1. The Morgan fingerprint density at radius 2 is 1.97 bits per heavy atom. The molecule has 9 heteroatoms. The number of carbonyl (C=O) groups is 1. The van der Waals surface area contributed by atoms with Gasteiger partial charge in [0.2, 0.25) is 6.79 Å². The Labute approximate surface area is 177 Å². The van der Waals surface area contributed by atoms with E-state index in [1.54, 1.807) is 48.5 Å². The summed E-state index contributed by atoms with van der Waals surface area (Å²) in [6.07, 6.45) is 0. The lowest BCUT2D eigenvalue weighted by atomic mass is 10.1. The van der Waals surface area contributed by atoms with Crippen molar-refractivity contribution in [1.29, 1.82) is 0 Å². The number of amides is 1. The first kappa shape index (κ1) is 19.7. The molecule has 3 aromatic rings. The monoisotopic (exact) mass is 426 g/mol. The van der Waals surface area contributed by atoms with Gasteiger partial charge < -0.3 is 29.1 Å². The van der Waals surface area contributed by atoms with Gasteiger partial charge in [0.1, 0.15) is 23.9 Å². The van der Waals surface area contributed by atoms with Gasteiger partial charge in [0.05, 0.1) is 12.7 Å². The van der Waals surface area contributed by atoms with E-state index in [1.165, 1.54) is 7.11 Å². The van der Waals surface area contributed by atoms with Crippen molar-refractivity contribution in [2.75, 3.05) is 19.2 Å². The second-order valence-corrected chi connectivity index (χ2v) is 6.72. The number of furan rings is 1. The molecule has 1 aliphatic rings. The van der Waals surface area contributed by atoms with Crippen molar-refractivity contribution < 1.29 is 28.5 Å². The van der Waals surface area contributed by atoms with Crippen LogP contribution in [0, 0.1) is 0 Å². The predicted molar refractivity (Wildman–Crippen MR) is 113 cm³/mol. The normalized spacial score (nSPS) is 11.8. The number of anilines is 1. The molecule has 8 nitrogen and oxygen atoms in total. The van der Waals surface area contributed by atoms with E-state index in [1.807, 2.05) is 0 Å². The summed E-state index contributed by atoms with van der Waals surface area (Å²) < 4.78 is 21.5. The van der Waals surface area contributed by atoms with Crippen LogP contribution in [0.1, 0.15) is 16.1 Å². The molecule has 1 amide bonds. The minimum Gasteiger partial charge on any atom is -0.496 e. The van der Waals surface area contributed by atoms with Crippen LogP contribution < -0.4 is 24.8 Å². The molecule has 30 heavy (non-hydrogen) atoms. The zero-order valence-corrected chi connectivity index (χ0v) is 16.7. The van der Waals surface area contributed by atoms with Gasteiger partial charge in [0.15, 0.2) is 16.6 Å². The summed E-state index contributed by atoms with van der Waals surface area (Å²) in [7, 11) is 1.54. The summed E-state index contributed by atoms with van der Waals surface area (Å²) in [4.78, 5) is 12.4. The maximum atomic E-state index is 12.4. The number of aliphatic hydroxyl groups excluding tert-OH is 1. The van der Waals surface area contributed by atoms with Crippen molar-refractivity contribution in [3.05, 3.63) is 59.9 Å². The summed E-state index contributed by atoms with van der Waals surface area (Å²) in [5.41, 5.74) is 1.74. The molecule has 0 radical (unpaired) electrons. The van der Waals surface area contributed by atoms with Crippen LogP contribution in [0.4, 0.5) is 5.69 Å². The van der Waals surface area contributed by atoms with Crippen molar-refractivity contribution in [1.82, 2.24) is 5.32 Å². The van der Waals surface area contributed by atoms with Gasteiger partial charge >= 0.3 is 0 Å². The van der Waals surface area contributed by atoms with Crippen LogP contribution in [0.2, 0.25) is 0 Å². The lowest BCUT2D eigenvalue weighted by Crippen LogP contribution is -2.34. The zero-order chi connectivity index (χ0) is 21.1. The van der Waals surface area contributed by atoms with Gasteiger partial charge in [-0.25, -0.2) is 0 Å². The van der Waals surface area contributed by atoms with Crippen LogP contribution >= 0.6 is 12.2 Å². The second-order valence-electron chi connectivity index (χ2n) is 6.32. The van der Waals surface area contributed by atoms with E-state index in [2.05, 4.69) is 10.6 Å². The smallest absolute Gasteiger partial charge is 0.257 e. The Balaban J connectivity index is 1.44. The molecule has 0 aliphatic carbocycles. The maximum Gasteiger partial charge on any atom is 0.257 e. The van der Waals surface area contributed by atoms with Gasteiger partial charge in [-0.1, -0.05) is 0 Å². The van der Waals surface area contributed by atoms with Crippen LogP contribution in [-0.4, -0.2) is 30.0 Å². The van der Waals surface area contributed by atoms with E-state index in [9.17, 15) is 9.90 Å². The quantitative estimate of drug-likeness (QED) is 0.534. The molecule has 0 saturated heterocycles. The van der Waals surface area contributed by atoms with Crippen molar-refractivity contribution in [2.45, 2.75) is 6.61 Å². The van der Waals surface area contributed by atoms with Gasteiger partial charge in [-0.15, -0.1) is 0 Å². The molecule has 1 aliphatic heterocycles. The van der Waals surface area contributed by atoms with E-state index in [0.717, 1.165) is 5.56 Å². The Kier molecular flexibility index (Phi) is 5.55. The highest BCUT2D eigenvalue weighted by Crippen LogP contribution is 2.34. The number of hydrogen-bond donors (Lipinski definition) is 3. The van der Waals surface area contributed by atoms with E-state index in [0.29, 0.717) is 40.0 Å². The SMILES string of the molecule is COc1cc(NC(=S)NC(=O)c2ccc3c(c2)OCO3)ccc1-c1ccc(CO)o1. The molecule has 2 aromatic carbocycles. The van der Waals surface area contributed by atoms with E-state index in [4.69, 9.17) is 30.8 Å². The highest BCUT2D eigenvalue weighted by atomic mass is 32.1. The lowest BCUT2D eigenvalue weighted by Gasteiger charge is -2.12. The predicted octanol–water partition coefficient (Wildman–Crippen LogP) is 3.30. The molecule has 0 fully saturated rings. The van der Waals surface area contributed by atoms with Crippen LogP contribution in [0.3, 0.4) is 0 Å². The van der Waals surface area contributed by atoms with Crippen molar-refractivity contribution in [2.24, 2.45) is 0 Å². The first-order valence-electron chi connectivity index (χ1n) is 8.97. The van der Waals surface area contributed by atoms with Crippen LogP contribution in [0.15, 0.2) is 52.9 Å². The molecule has 2 heterocycles. The number of benzene rings is 2. The average Bonchev–Trinajstić information content (AvgIpc) is 3.42. The summed E-state index contributed by atoms with van der Waals surface area (Å²) in [6, 6.07) is 13.7. The fourth-order valence-corrected chi connectivity index (χ4v) is 3.17. The molecule has 3 N–H and O–H groups in total. The Morgan fingerprint density at radius 1 is 1.13 bits per heavy atom. The van der Waals surface area contributed by atoms with Crippen molar-refractivity contribution in [3.8, 4) is 28.6 Å². The first-order chi connectivity index (χ1) is 14.6. The number of fused-ring (bicyclic) bond motifs is 1. The van der Waals surface area contributed by atoms with E-state index in [-0.39, 0.29) is 24.4 Å². The van der Waals surface area contributed by atoms with Gasteiger partial charge in [-0.2, -0.15) is 0 Å². The highest BCUT2D eigenvalue weighted by Gasteiger charge is 2.17. The molecule has 0 unspecified atom stereocenters. The van der Waals surface area contributed by atoms with Crippen LogP contribution in [0.25, 0.3) is 11.3 Å².